The predicted octanol–water partition coefficient (Wildman–Crippen LogP) is 4.91. The van der Waals surface area contributed by atoms with Gasteiger partial charge in [0.2, 0.25) is 0 Å². The molecule has 0 aromatic rings. The summed E-state index contributed by atoms with van der Waals surface area (Å²) in [4.78, 5) is 0. The normalized spacial score (nSPS) is 17.7. The van der Waals surface area contributed by atoms with Crippen molar-refractivity contribution in [3.05, 3.63) is 0 Å². The Morgan fingerprint density at radius 1 is 0.818 bits per heavy atom. The van der Waals surface area contributed by atoms with Gasteiger partial charge in [0, 0.05) is 47.7 Å². The van der Waals surface area contributed by atoms with Gasteiger partial charge < -0.3 is 18.9 Å². The van der Waals surface area contributed by atoms with Crippen molar-refractivity contribution in [3.8, 4) is 0 Å². The van der Waals surface area contributed by atoms with Crippen LogP contribution in [0.4, 0.5) is 0 Å². The molecule has 1 fully saturated rings. The van der Waals surface area contributed by atoms with Gasteiger partial charge in [0.05, 0.1) is 0 Å². The maximum atomic E-state index is 5.31. The number of hydrogen-bond donors (Lipinski definition) is 0. The minimum Gasteiger partial charge on any atom is -0.353 e. The summed E-state index contributed by atoms with van der Waals surface area (Å²) in [7, 11) is 6.86. The lowest BCUT2D eigenvalue weighted by atomic mass is 9.94. The van der Waals surface area contributed by atoms with Crippen LogP contribution in [0.25, 0.3) is 0 Å². The molecular weight excluding hydrogens is 280 g/mol. The van der Waals surface area contributed by atoms with Crippen molar-refractivity contribution < 1.29 is 18.9 Å². The molecule has 4 heteroatoms. The van der Waals surface area contributed by atoms with Crippen molar-refractivity contribution in [2.24, 2.45) is 0 Å². The Hall–Kier alpha value is -0.160. The summed E-state index contributed by atoms with van der Waals surface area (Å²) < 4.78 is 21.1. The third-order valence-corrected chi connectivity index (χ3v) is 4.71. The largest absolute Gasteiger partial charge is 0.353 e. The Kier molecular flexibility index (Phi) is 12.2. The molecule has 0 atom stereocenters. The van der Waals surface area contributed by atoms with E-state index < -0.39 is 0 Å². The first-order chi connectivity index (χ1) is 10.5. The van der Waals surface area contributed by atoms with Gasteiger partial charge in [-0.15, -0.1) is 0 Å². The molecule has 0 radical (unpaired) electrons. The Morgan fingerprint density at radius 2 is 1.36 bits per heavy atom. The second-order valence-corrected chi connectivity index (χ2v) is 6.23. The molecule has 0 bridgehead atoms. The van der Waals surface area contributed by atoms with E-state index in [1.54, 1.807) is 28.4 Å². The van der Waals surface area contributed by atoms with E-state index in [0.717, 1.165) is 19.3 Å². The van der Waals surface area contributed by atoms with E-state index in [2.05, 4.69) is 6.92 Å². The van der Waals surface area contributed by atoms with Gasteiger partial charge in [-0.2, -0.15) is 0 Å². The fourth-order valence-electron chi connectivity index (χ4n) is 2.74. The van der Waals surface area contributed by atoms with Gasteiger partial charge in [0.25, 0.3) is 0 Å². The molecule has 134 valence electrons. The Balaban J connectivity index is 0.000000406. The molecule has 22 heavy (non-hydrogen) atoms. The molecule has 0 aliphatic heterocycles. The van der Waals surface area contributed by atoms with Crippen molar-refractivity contribution >= 4 is 0 Å². The minimum absolute atomic E-state index is 0.238. The van der Waals surface area contributed by atoms with Gasteiger partial charge in [-0.05, 0) is 26.2 Å². The van der Waals surface area contributed by atoms with Crippen molar-refractivity contribution in [2.75, 3.05) is 28.4 Å². The third-order valence-electron chi connectivity index (χ3n) is 4.71. The van der Waals surface area contributed by atoms with Crippen LogP contribution in [0.3, 0.4) is 0 Å². The van der Waals surface area contributed by atoms with E-state index in [1.165, 1.54) is 44.9 Å². The zero-order valence-electron chi connectivity index (χ0n) is 15.7. The van der Waals surface area contributed by atoms with E-state index in [9.17, 15) is 0 Å². The van der Waals surface area contributed by atoms with Crippen LogP contribution in [0.1, 0.15) is 78.1 Å². The van der Waals surface area contributed by atoms with Gasteiger partial charge in [-0.1, -0.05) is 32.6 Å². The summed E-state index contributed by atoms with van der Waals surface area (Å²) in [6.45, 7) is 4.20. The summed E-state index contributed by atoms with van der Waals surface area (Å²) in [5.41, 5.74) is 0. The van der Waals surface area contributed by atoms with Crippen LogP contribution < -0.4 is 0 Å². The SMILES string of the molecule is CCCCCCC(C)(OC)OC.COC1(OC)CCCCC1. The molecule has 1 rings (SSSR count). The summed E-state index contributed by atoms with van der Waals surface area (Å²) in [5, 5.41) is 0. The molecule has 4 nitrogen and oxygen atoms in total. The average molecular weight is 318 g/mol. The van der Waals surface area contributed by atoms with Crippen LogP contribution >= 0.6 is 0 Å². The molecule has 0 spiro atoms. The highest BCUT2D eigenvalue weighted by Gasteiger charge is 2.30. The quantitative estimate of drug-likeness (QED) is 0.447. The summed E-state index contributed by atoms with van der Waals surface area (Å²) in [6, 6.07) is 0. The fraction of sp³-hybridized carbons (Fsp3) is 1.00. The van der Waals surface area contributed by atoms with E-state index in [1.807, 2.05) is 6.92 Å². The number of methoxy groups -OCH3 is 4. The molecule has 1 saturated carbocycles. The van der Waals surface area contributed by atoms with Crippen molar-refractivity contribution in [3.63, 3.8) is 0 Å². The lowest BCUT2D eigenvalue weighted by molar-refractivity contribution is -0.222. The summed E-state index contributed by atoms with van der Waals surface area (Å²) in [5.74, 6) is -0.605. The molecule has 1 aliphatic carbocycles. The highest BCUT2D eigenvalue weighted by Crippen LogP contribution is 2.31. The Morgan fingerprint density at radius 3 is 1.73 bits per heavy atom. The van der Waals surface area contributed by atoms with Crippen LogP contribution in [0.2, 0.25) is 0 Å². The number of unbranched alkanes of at least 4 members (excludes halogenated alkanes) is 3. The second kappa shape index (κ2) is 12.3. The van der Waals surface area contributed by atoms with Crippen LogP contribution in [0, 0.1) is 0 Å². The van der Waals surface area contributed by atoms with E-state index in [4.69, 9.17) is 18.9 Å². The van der Waals surface area contributed by atoms with E-state index in [0.29, 0.717) is 0 Å². The zero-order chi connectivity index (χ0) is 16.9. The predicted molar refractivity (Wildman–Crippen MR) is 91.0 cm³/mol. The molecule has 1 aliphatic rings. The van der Waals surface area contributed by atoms with Gasteiger partial charge in [-0.3, -0.25) is 0 Å². The maximum Gasteiger partial charge on any atom is 0.167 e. The number of hydrogen-bond acceptors (Lipinski definition) is 4. The first kappa shape index (κ1) is 21.8. The minimum atomic E-state index is -0.367. The lowest BCUT2D eigenvalue weighted by Crippen LogP contribution is -2.35. The van der Waals surface area contributed by atoms with E-state index >= 15 is 0 Å². The molecule has 0 saturated heterocycles. The number of rotatable bonds is 9. The van der Waals surface area contributed by atoms with Crippen LogP contribution in [0.5, 0.6) is 0 Å². The summed E-state index contributed by atoms with van der Waals surface area (Å²) in [6.07, 6.45) is 11.9. The molecule has 0 N–H and O–H groups in total. The molecule has 0 unspecified atom stereocenters. The molecular formula is C18H38O4. The van der Waals surface area contributed by atoms with Crippen molar-refractivity contribution in [2.45, 2.75) is 89.6 Å². The fourth-order valence-corrected chi connectivity index (χ4v) is 2.74. The van der Waals surface area contributed by atoms with Gasteiger partial charge >= 0.3 is 0 Å². The zero-order valence-corrected chi connectivity index (χ0v) is 15.7. The van der Waals surface area contributed by atoms with Gasteiger partial charge in [-0.25, -0.2) is 0 Å². The van der Waals surface area contributed by atoms with Crippen molar-refractivity contribution in [1.82, 2.24) is 0 Å². The van der Waals surface area contributed by atoms with E-state index in [-0.39, 0.29) is 11.6 Å². The highest BCUT2D eigenvalue weighted by molar-refractivity contribution is 4.73. The van der Waals surface area contributed by atoms with Gasteiger partial charge in [0.1, 0.15) is 0 Å². The maximum absolute atomic E-state index is 5.31. The lowest BCUT2D eigenvalue weighted by Gasteiger charge is -2.34. The first-order valence-electron chi connectivity index (χ1n) is 8.72. The number of ether oxygens (including phenoxy) is 4. The van der Waals surface area contributed by atoms with Crippen LogP contribution in [-0.2, 0) is 18.9 Å². The Bertz CT molecular complexity index is 239. The van der Waals surface area contributed by atoms with Crippen LogP contribution in [0.15, 0.2) is 0 Å². The third kappa shape index (κ3) is 8.47. The Labute approximate surface area is 137 Å². The average Bonchev–Trinajstić information content (AvgIpc) is 2.59. The smallest absolute Gasteiger partial charge is 0.167 e. The second-order valence-electron chi connectivity index (χ2n) is 6.23. The molecule has 0 amide bonds. The molecule has 0 aromatic heterocycles. The standard InChI is InChI=1S/C10H22O2.C8H16O2/c1-5-6-7-8-9-10(2,11-3)12-4;1-9-8(10-2)6-4-3-5-7-8/h5-9H2,1-4H3;3-7H2,1-2H3. The molecule has 0 aromatic carbocycles. The highest BCUT2D eigenvalue weighted by atomic mass is 16.7. The van der Waals surface area contributed by atoms with Gasteiger partial charge in [0.15, 0.2) is 11.6 Å². The van der Waals surface area contributed by atoms with Crippen LogP contribution in [-0.4, -0.2) is 40.0 Å². The molecule has 0 heterocycles. The van der Waals surface area contributed by atoms with Crippen molar-refractivity contribution in [1.29, 1.82) is 0 Å². The first-order valence-corrected chi connectivity index (χ1v) is 8.72. The summed E-state index contributed by atoms with van der Waals surface area (Å²) >= 11 is 0. The monoisotopic (exact) mass is 318 g/mol. The topological polar surface area (TPSA) is 36.9 Å².